The molecule has 0 aliphatic rings. The molecule has 19 aromatic rings. The number of nitrogens with zero attached hydrogens (tertiary/aromatic N) is 8. The lowest BCUT2D eigenvalue weighted by Gasteiger charge is -2.30. The molecule has 0 aliphatic heterocycles. The van der Waals surface area contributed by atoms with Gasteiger partial charge in [0.15, 0.2) is 0 Å². The van der Waals surface area contributed by atoms with Crippen molar-refractivity contribution in [3.8, 4) is 0 Å². The highest BCUT2D eigenvalue weighted by Crippen LogP contribution is 2.48. The predicted molar refractivity (Wildman–Crippen MR) is 499 cm³/mol. The van der Waals surface area contributed by atoms with E-state index in [9.17, 15) is 0 Å². The molecule has 0 unspecified atom stereocenters. The van der Waals surface area contributed by atoms with E-state index in [0.717, 1.165) is 136 Å². The number of rotatable bonds is 24. The average molecular weight is 1520 g/mol. The molecule has 0 spiro atoms. The van der Waals surface area contributed by atoms with Crippen molar-refractivity contribution in [1.29, 1.82) is 0 Å². The largest absolute Gasteiger partial charge is 0.311 e. The molecular formula is C110H82N8. The molecule has 0 amide bonds. The number of para-hydroxylation sites is 8. The molecule has 118 heavy (non-hydrogen) atoms. The molecule has 0 aromatic heterocycles. The summed E-state index contributed by atoms with van der Waals surface area (Å²) >= 11 is 0. The van der Waals surface area contributed by atoms with Gasteiger partial charge in [-0.2, -0.15) is 0 Å². The summed E-state index contributed by atoms with van der Waals surface area (Å²) < 4.78 is 0. The highest BCUT2D eigenvalue weighted by Gasteiger charge is 2.25. The van der Waals surface area contributed by atoms with Crippen molar-refractivity contribution >= 4 is 158 Å². The second-order valence-corrected chi connectivity index (χ2v) is 29.0. The van der Waals surface area contributed by atoms with Gasteiger partial charge in [0.1, 0.15) is 0 Å². The monoisotopic (exact) mass is 1510 g/mol. The van der Waals surface area contributed by atoms with E-state index in [2.05, 4.69) is 537 Å². The van der Waals surface area contributed by atoms with Crippen LogP contribution in [0.15, 0.2) is 497 Å². The normalized spacial score (nSPS) is 11.1. The van der Waals surface area contributed by atoms with Crippen LogP contribution in [0.4, 0.5) is 136 Å². The zero-order valence-electron chi connectivity index (χ0n) is 64.9. The first-order chi connectivity index (χ1) is 58.6. The quantitative estimate of drug-likeness (QED) is 0.0591. The van der Waals surface area contributed by atoms with Gasteiger partial charge in [-0.3, -0.25) is 0 Å². The molecular weight excluding hydrogens is 1430 g/mol. The Morgan fingerprint density at radius 3 is 0.373 bits per heavy atom. The van der Waals surface area contributed by atoms with Gasteiger partial charge in [-0.1, -0.05) is 218 Å². The van der Waals surface area contributed by atoms with Crippen molar-refractivity contribution in [2.45, 2.75) is 0 Å². The third-order valence-corrected chi connectivity index (χ3v) is 21.7. The number of fused-ring (bicyclic) bond motifs is 2. The zero-order valence-corrected chi connectivity index (χ0v) is 64.9. The molecule has 0 N–H and O–H groups in total. The fourth-order valence-electron chi connectivity index (χ4n) is 16.2. The average Bonchev–Trinajstić information content (AvgIpc) is 0.782. The first-order valence-electron chi connectivity index (χ1n) is 40.0. The SMILES string of the molecule is c1ccc(N(c2ccc(N(c3ccccc3)c3ccc(N(c4ccccc4)c4ccc(N(c5ccccc5)c5ccc(N(c6ccccc6)c6cccc7ccccc67)cc5)cc4)cc3)cc2)c2ccc(N(c3ccccc3)c3ccc(N(c4ccccc4)c4ccc(N(c5ccccc5)c5cccc6ccccc56)cc4)cc3)cc2)cc1. The first-order valence-corrected chi connectivity index (χ1v) is 40.0. The Balaban J connectivity index is 0.602. The Kier molecular flexibility index (Phi) is 20.5. The molecule has 0 saturated carbocycles. The van der Waals surface area contributed by atoms with E-state index in [1.54, 1.807) is 0 Å². The van der Waals surface area contributed by atoms with E-state index in [1.807, 2.05) is 0 Å². The van der Waals surface area contributed by atoms with Crippen LogP contribution in [0.3, 0.4) is 0 Å². The maximum absolute atomic E-state index is 2.35. The van der Waals surface area contributed by atoms with Gasteiger partial charge in [0, 0.05) is 136 Å². The second kappa shape index (κ2) is 33.4. The van der Waals surface area contributed by atoms with Crippen LogP contribution in [0.5, 0.6) is 0 Å². The topological polar surface area (TPSA) is 25.9 Å². The molecule has 8 nitrogen and oxygen atoms in total. The zero-order chi connectivity index (χ0) is 78.8. The Bertz CT molecular complexity index is 6090. The van der Waals surface area contributed by atoms with Crippen LogP contribution in [-0.4, -0.2) is 0 Å². The maximum Gasteiger partial charge on any atom is 0.0540 e. The van der Waals surface area contributed by atoms with E-state index in [4.69, 9.17) is 0 Å². The standard InChI is InChI=1S/C110H82N8/c1-9-35-85(36-10-1)111(95-59-63-97(64-60-95)113(87-39-13-3-14-40-87)99-67-71-101(72-68-99)115(89-43-17-5-18-44-89)103-75-79-105(80-76-103)117(91-47-21-7-22-48-91)109-53-29-33-83-31-25-27-51-107(83)109)93-55-57-94(58-56-93)112(86-37-11-2-12-38-86)96-61-65-98(66-62-96)114(88-41-15-4-16-42-88)100-69-73-102(74-70-100)116(90-45-19-6-20-46-90)104-77-81-106(82-78-104)118(92-49-23-8-24-50-92)110-54-30-34-84-32-26-28-52-108(84)110/h1-82H. The van der Waals surface area contributed by atoms with Crippen LogP contribution < -0.4 is 39.2 Å². The maximum atomic E-state index is 2.35. The van der Waals surface area contributed by atoms with Crippen molar-refractivity contribution in [2.24, 2.45) is 0 Å². The van der Waals surface area contributed by atoms with Crippen LogP contribution in [-0.2, 0) is 0 Å². The molecule has 0 saturated heterocycles. The van der Waals surface area contributed by atoms with Crippen molar-refractivity contribution in [3.05, 3.63) is 497 Å². The molecule has 562 valence electrons. The summed E-state index contributed by atoms with van der Waals surface area (Å²) in [5.41, 5.74) is 25.3. The van der Waals surface area contributed by atoms with E-state index in [1.165, 1.54) is 21.5 Å². The summed E-state index contributed by atoms with van der Waals surface area (Å²) in [6.07, 6.45) is 0. The van der Waals surface area contributed by atoms with Crippen molar-refractivity contribution < 1.29 is 0 Å². The highest BCUT2D eigenvalue weighted by molar-refractivity contribution is 6.01. The van der Waals surface area contributed by atoms with Crippen LogP contribution in [0, 0.1) is 0 Å². The Labute approximate surface area is 690 Å². The van der Waals surface area contributed by atoms with Crippen molar-refractivity contribution in [1.82, 2.24) is 0 Å². The molecule has 19 rings (SSSR count). The third-order valence-electron chi connectivity index (χ3n) is 21.7. The van der Waals surface area contributed by atoms with Gasteiger partial charge >= 0.3 is 0 Å². The number of hydrogen-bond acceptors (Lipinski definition) is 8. The van der Waals surface area contributed by atoms with E-state index >= 15 is 0 Å². The third kappa shape index (κ3) is 15.0. The van der Waals surface area contributed by atoms with Crippen LogP contribution >= 0.6 is 0 Å². The minimum Gasteiger partial charge on any atom is -0.311 e. The molecule has 0 heterocycles. The number of hydrogen-bond donors (Lipinski definition) is 0. The summed E-state index contributed by atoms with van der Waals surface area (Å²) in [4.78, 5) is 18.7. The lowest BCUT2D eigenvalue weighted by atomic mass is 10.1. The van der Waals surface area contributed by atoms with Gasteiger partial charge in [0.05, 0.1) is 11.4 Å². The lowest BCUT2D eigenvalue weighted by molar-refractivity contribution is 1.23. The highest BCUT2D eigenvalue weighted by atomic mass is 15.2. The van der Waals surface area contributed by atoms with Crippen molar-refractivity contribution in [2.75, 3.05) is 39.2 Å². The molecule has 0 radical (unpaired) electrons. The van der Waals surface area contributed by atoms with Gasteiger partial charge in [0.25, 0.3) is 0 Å². The minimum absolute atomic E-state index is 1.02. The van der Waals surface area contributed by atoms with E-state index in [0.29, 0.717) is 0 Å². The van der Waals surface area contributed by atoms with Gasteiger partial charge < -0.3 is 39.2 Å². The molecule has 19 aromatic carbocycles. The fraction of sp³-hybridized carbons (Fsp3) is 0. The molecule has 0 fully saturated rings. The Hall–Kier alpha value is -15.9. The predicted octanol–water partition coefficient (Wildman–Crippen LogP) is 31.8. The van der Waals surface area contributed by atoms with Crippen LogP contribution in [0.1, 0.15) is 0 Å². The molecule has 0 atom stereocenters. The molecule has 0 bridgehead atoms. The number of anilines is 24. The smallest absolute Gasteiger partial charge is 0.0540 e. The Morgan fingerprint density at radius 2 is 0.203 bits per heavy atom. The van der Waals surface area contributed by atoms with Gasteiger partial charge in [-0.15, -0.1) is 0 Å². The summed E-state index contributed by atoms with van der Waals surface area (Å²) in [5, 5.41) is 4.78. The fourth-order valence-corrected chi connectivity index (χ4v) is 16.2. The van der Waals surface area contributed by atoms with Gasteiger partial charge in [0.2, 0.25) is 0 Å². The van der Waals surface area contributed by atoms with E-state index < -0.39 is 0 Å². The number of benzene rings is 19. The summed E-state index contributed by atoms with van der Waals surface area (Å²) in [5.74, 6) is 0. The minimum atomic E-state index is 1.02. The summed E-state index contributed by atoms with van der Waals surface area (Å²) in [6, 6.07) is 178. The Morgan fingerprint density at radius 1 is 0.0847 bits per heavy atom. The van der Waals surface area contributed by atoms with E-state index in [-0.39, 0.29) is 0 Å². The van der Waals surface area contributed by atoms with Crippen LogP contribution in [0.25, 0.3) is 21.5 Å². The first kappa shape index (κ1) is 72.4. The second-order valence-electron chi connectivity index (χ2n) is 29.0. The molecule has 8 heteroatoms. The molecule has 0 aliphatic carbocycles. The van der Waals surface area contributed by atoms with Crippen molar-refractivity contribution in [3.63, 3.8) is 0 Å². The summed E-state index contributed by atoms with van der Waals surface area (Å²) in [6.45, 7) is 0. The lowest BCUT2D eigenvalue weighted by Crippen LogP contribution is -2.14. The van der Waals surface area contributed by atoms with Crippen LogP contribution in [0.2, 0.25) is 0 Å². The van der Waals surface area contributed by atoms with Gasteiger partial charge in [-0.25, -0.2) is 0 Å². The summed E-state index contributed by atoms with van der Waals surface area (Å²) in [7, 11) is 0. The van der Waals surface area contributed by atoms with Gasteiger partial charge in [-0.05, 0) is 290 Å².